The van der Waals surface area contributed by atoms with Crippen molar-refractivity contribution in [3.05, 3.63) is 73.9 Å². The molecule has 0 unspecified atom stereocenters. The number of nitrogens with one attached hydrogen (secondary N) is 1. The summed E-state index contributed by atoms with van der Waals surface area (Å²) in [4.78, 5) is 40.7. The van der Waals surface area contributed by atoms with Gasteiger partial charge in [-0.2, -0.15) is 0 Å². The molecule has 1 aromatic heterocycles. The smallest absolute Gasteiger partial charge is 0.337 e. The molecule has 0 saturated heterocycles. The van der Waals surface area contributed by atoms with Crippen molar-refractivity contribution in [1.29, 1.82) is 0 Å². The van der Waals surface area contributed by atoms with E-state index in [1.165, 1.54) is 24.8 Å². The molecular formula is C24H26N2O4. The second kappa shape index (κ2) is 6.69. The van der Waals surface area contributed by atoms with Gasteiger partial charge in [0.1, 0.15) is 0 Å². The first kappa shape index (κ1) is 20.1. The predicted molar refractivity (Wildman–Crippen MR) is 117 cm³/mol. The van der Waals surface area contributed by atoms with Crippen molar-refractivity contribution in [3.63, 3.8) is 0 Å². The maximum Gasteiger partial charge on any atom is 0.337 e. The number of aromatic nitrogens is 2. The Labute approximate surface area is 174 Å². The van der Waals surface area contributed by atoms with Gasteiger partial charge < -0.3 is 9.72 Å². The summed E-state index contributed by atoms with van der Waals surface area (Å²) in [5.41, 5.74) is 2.69. The Morgan fingerprint density at radius 2 is 1.53 bits per heavy atom. The fraction of sp³-hybridized carbons (Fsp3) is 0.375. The molecule has 0 aliphatic heterocycles. The monoisotopic (exact) mass is 406 g/mol. The second-order valence-electron chi connectivity index (χ2n) is 9.32. The summed E-state index contributed by atoms with van der Waals surface area (Å²) >= 11 is 0. The molecule has 4 rings (SSSR count). The summed E-state index contributed by atoms with van der Waals surface area (Å²) in [5.74, 6) is -0.474. The van der Waals surface area contributed by atoms with Gasteiger partial charge in [-0.3, -0.25) is 4.79 Å². The van der Waals surface area contributed by atoms with Crippen molar-refractivity contribution in [2.75, 3.05) is 7.11 Å². The van der Waals surface area contributed by atoms with Crippen molar-refractivity contribution < 1.29 is 9.53 Å². The molecule has 6 heteroatoms. The largest absolute Gasteiger partial charge is 0.465 e. The summed E-state index contributed by atoms with van der Waals surface area (Å²) in [5, 5.41) is 0.483. The molecule has 0 amide bonds. The molecule has 6 nitrogen and oxygen atoms in total. The number of carbonyl (C=O) groups is 1. The summed E-state index contributed by atoms with van der Waals surface area (Å²) in [7, 11) is 1.30. The molecule has 1 aliphatic rings. The number of hydrogen-bond acceptors (Lipinski definition) is 4. The van der Waals surface area contributed by atoms with Crippen LogP contribution >= 0.6 is 0 Å². The van der Waals surface area contributed by atoms with Crippen LogP contribution in [0.25, 0.3) is 16.6 Å². The van der Waals surface area contributed by atoms with E-state index >= 15 is 0 Å². The first-order valence-corrected chi connectivity index (χ1v) is 10.1. The zero-order chi connectivity index (χ0) is 21.8. The summed E-state index contributed by atoms with van der Waals surface area (Å²) in [6.45, 7) is 8.80. The van der Waals surface area contributed by atoms with Crippen LogP contribution in [0, 0.1) is 0 Å². The van der Waals surface area contributed by atoms with Crippen LogP contribution in [0.15, 0.2) is 46.0 Å². The standard InChI is InChI=1S/C24H26N2O4/c1-23(2)10-11-24(3,4)18-13-19-16(12-17(18)23)20(27)26(22(29)25-19)15-8-6-14(7-9-15)21(28)30-5/h6-9,12-13H,10-11H2,1-5H3,(H,25,29). The SMILES string of the molecule is COC(=O)c1ccc(-n2c(=O)[nH]c3cc4c(cc3c2=O)C(C)(C)CCC4(C)C)cc1. The number of benzene rings is 2. The fourth-order valence-corrected chi connectivity index (χ4v) is 4.38. The van der Waals surface area contributed by atoms with Crippen LogP contribution in [0.1, 0.15) is 62.0 Å². The minimum absolute atomic E-state index is 0.0193. The minimum atomic E-state index is -0.508. The summed E-state index contributed by atoms with van der Waals surface area (Å²) < 4.78 is 5.81. The zero-order valence-electron chi connectivity index (χ0n) is 18.0. The van der Waals surface area contributed by atoms with Crippen LogP contribution in [0.4, 0.5) is 0 Å². The zero-order valence-corrected chi connectivity index (χ0v) is 18.0. The molecule has 0 atom stereocenters. The number of hydrogen-bond donors (Lipinski definition) is 1. The maximum atomic E-state index is 13.3. The van der Waals surface area contributed by atoms with Gasteiger partial charge in [-0.25, -0.2) is 14.2 Å². The van der Waals surface area contributed by atoms with E-state index in [4.69, 9.17) is 4.74 Å². The average Bonchev–Trinajstić information content (AvgIpc) is 2.70. The Bertz CT molecular complexity index is 1280. The third kappa shape index (κ3) is 3.07. The van der Waals surface area contributed by atoms with Crippen LogP contribution < -0.4 is 11.2 Å². The molecule has 0 bridgehead atoms. The molecule has 2 aromatic carbocycles. The lowest BCUT2D eigenvalue weighted by molar-refractivity contribution is 0.0600. The molecule has 1 heterocycles. The van der Waals surface area contributed by atoms with E-state index in [9.17, 15) is 14.4 Å². The predicted octanol–water partition coefficient (Wildman–Crippen LogP) is 3.81. The van der Waals surface area contributed by atoms with E-state index in [1.54, 1.807) is 12.1 Å². The van der Waals surface area contributed by atoms with E-state index in [-0.39, 0.29) is 16.4 Å². The second-order valence-corrected chi connectivity index (χ2v) is 9.32. The summed E-state index contributed by atoms with van der Waals surface area (Å²) in [6.07, 6.45) is 2.08. The van der Waals surface area contributed by atoms with Crippen LogP contribution in [0.5, 0.6) is 0 Å². The third-order valence-corrected chi connectivity index (χ3v) is 6.42. The minimum Gasteiger partial charge on any atom is -0.465 e. The lowest BCUT2D eigenvalue weighted by Gasteiger charge is -2.41. The molecule has 156 valence electrons. The first-order valence-electron chi connectivity index (χ1n) is 10.1. The number of rotatable bonds is 2. The van der Waals surface area contributed by atoms with Crippen molar-refractivity contribution in [2.24, 2.45) is 0 Å². The molecule has 0 spiro atoms. The highest BCUT2D eigenvalue weighted by molar-refractivity contribution is 5.89. The van der Waals surface area contributed by atoms with Crippen LogP contribution in [0.3, 0.4) is 0 Å². The fourth-order valence-electron chi connectivity index (χ4n) is 4.38. The molecule has 30 heavy (non-hydrogen) atoms. The molecular weight excluding hydrogens is 380 g/mol. The van der Waals surface area contributed by atoms with Gasteiger partial charge in [0.15, 0.2) is 0 Å². The van der Waals surface area contributed by atoms with Crippen LogP contribution in [-0.2, 0) is 15.6 Å². The number of carbonyl (C=O) groups excluding carboxylic acids is 1. The Morgan fingerprint density at radius 3 is 2.10 bits per heavy atom. The van der Waals surface area contributed by atoms with Gasteiger partial charge in [-0.05, 0) is 71.2 Å². The van der Waals surface area contributed by atoms with Gasteiger partial charge in [-0.15, -0.1) is 0 Å². The van der Waals surface area contributed by atoms with Crippen molar-refractivity contribution >= 4 is 16.9 Å². The van der Waals surface area contributed by atoms with Gasteiger partial charge in [0.25, 0.3) is 5.56 Å². The van der Waals surface area contributed by atoms with E-state index in [0.717, 1.165) is 23.0 Å². The van der Waals surface area contributed by atoms with E-state index < -0.39 is 11.7 Å². The van der Waals surface area contributed by atoms with Crippen LogP contribution in [-0.4, -0.2) is 22.6 Å². The van der Waals surface area contributed by atoms with Gasteiger partial charge in [0, 0.05) is 0 Å². The van der Waals surface area contributed by atoms with Gasteiger partial charge in [0.05, 0.1) is 29.3 Å². The van der Waals surface area contributed by atoms with Gasteiger partial charge >= 0.3 is 11.7 Å². The molecule has 0 fully saturated rings. The van der Waals surface area contributed by atoms with Crippen LogP contribution in [0.2, 0.25) is 0 Å². The number of methoxy groups -OCH3 is 1. The third-order valence-electron chi connectivity index (χ3n) is 6.42. The van der Waals surface area contributed by atoms with E-state index in [2.05, 4.69) is 32.7 Å². The van der Waals surface area contributed by atoms with E-state index in [0.29, 0.717) is 22.2 Å². The van der Waals surface area contributed by atoms with Gasteiger partial charge in [-0.1, -0.05) is 27.7 Å². The highest BCUT2D eigenvalue weighted by atomic mass is 16.5. The highest BCUT2D eigenvalue weighted by Crippen LogP contribution is 2.46. The Kier molecular flexibility index (Phi) is 4.49. The highest BCUT2D eigenvalue weighted by Gasteiger charge is 2.37. The first-order chi connectivity index (χ1) is 14.0. The molecule has 1 N–H and O–H groups in total. The maximum absolute atomic E-state index is 13.3. The van der Waals surface area contributed by atoms with Crippen molar-refractivity contribution in [1.82, 2.24) is 9.55 Å². The molecule has 3 aromatic rings. The Morgan fingerprint density at radius 1 is 0.967 bits per heavy atom. The Hall–Kier alpha value is -3.15. The van der Waals surface area contributed by atoms with Crippen molar-refractivity contribution in [2.45, 2.75) is 51.4 Å². The summed E-state index contributed by atoms with van der Waals surface area (Å²) in [6, 6.07) is 10.1. The average molecular weight is 406 g/mol. The lowest BCUT2D eigenvalue weighted by atomic mass is 9.63. The molecule has 0 radical (unpaired) electrons. The lowest BCUT2D eigenvalue weighted by Crippen LogP contribution is -2.36. The molecule has 0 saturated carbocycles. The number of H-pyrrole nitrogens is 1. The number of fused-ring (bicyclic) bond motifs is 2. The number of aromatic amines is 1. The number of ether oxygens (including phenoxy) is 1. The molecule has 1 aliphatic carbocycles. The number of nitrogens with zero attached hydrogens (tertiary/aromatic N) is 1. The van der Waals surface area contributed by atoms with E-state index in [1.807, 2.05) is 12.1 Å². The quantitative estimate of drug-likeness (QED) is 0.656. The normalized spacial score (nSPS) is 16.8. The number of esters is 1. The van der Waals surface area contributed by atoms with Crippen molar-refractivity contribution in [3.8, 4) is 5.69 Å². The Balaban J connectivity index is 1.95. The van der Waals surface area contributed by atoms with Gasteiger partial charge in [0.2, 0.25) is 0 Å². The topological polar surface area (TPSA) is 81.2 Å².